The van der Waals surface area contributed by atoms with E-state index in [1.54, 1.807) is 60.5 Å². The number of furan rings is 1. The molecule has 0 N–H and O–H groups in total. The normalized spacial score (nSPS) is 15.4. The number of nitrogens with zero attached hydrogens (tertiary/aromatic N) is 2. The van der Waals surface area contributed by atoms with Crippen molar-refractivity contribution in [2.45, 2.75) is 24.8 Å². The number of carbonyl (C=O) groups excluding carboxylic acids is 1. The highest BCUT2D eigenvalue weighted by molar-refractivity contribution is 7.98. The minimum Gasteiger partial charge on any atom is -0.463 e. The Morgan fingerprint density at radius 3 is 2.66 bits per heavy atom. The molecule has 0 saturated carbocycles. The van der Waals surface area contributed by atoms with Crippen molar-refractivity contribution in [3.8, 4) is 11.3 Å². The maximum absolute atomic E-state index is 13.8. The van der Waals surface area contributed by atoms with E-state index in [-0.39, 0.29) is 12.2 Å². The standard InChI is InChI=1S/C28H22Cl2N2O4S2/c1-4-35-27(34)23-15(2)31-28-32(25(23)16-8-11-18(37-3)12-9-16)26(33)22(38-28)14-17-10-13-21(36-17)19-6-5-7-20(29)24(19)30/h5-14,25H,4H2,1-3H3/b22-14-/t25-/m0/s1. The molecule has 3 heterocycles. The molecule has 6 nitrogen and oxygen atoms in total. The highest BCUT2D eigenvalue weighted by Crippen LogP contribution is 2.35. The minimum absolute atomic E-state index is 0.218. The van der Waals surface area contributed by atoms with E-state index in [1.807, 2.05) is 36.6 Å². The van der Waals surface area contributed by atoms with E-state index < -0.39 is 12.0 Å². The number of fused-ring (bicyclic) bond motifs is 1. The van der Waals surface area contributed by atoms with Crippen molar-refractivity contribution in [2.24, 2.45) is 4.99 Å². The molecule has 38 heavy (non-hydrogen) atoms. The zero-order chi connectivity index (χ0) is 27.0. The summed E-state index contributed by atoms with van der Waals surface area (Å²) in [5, 5.41) is 0.817. The fourth-order valence-electron chi connectivity index (χ4n) is 4.29. The first kappa shape index (κ1) is 26.6. The fraction of sp³-hybridized carbons (Fsp3) is 0.179. The molecule has 2 aromatic carbocycles. The molecule has 0 radical (unpaired) electrons. The molecular weight excluding hydrogens is 563 g/mol. The minimum atomic E-state index is -0.666. The molecule has 1 aliphatic heterocycles. The number of carbonyl (C=O) groups is 1. The zero-order valence-electron chi connectivity index (χ0n) is 20.7. The van der Waals surface area contributed by atoms with Crippen molar-refractivity contribution in [3.63, 3.8) is 0 Å². The van der Waals surface area contributed by atoms with Gasteiger partial charge in [0.25, 0.3) is 5.56 Å². The van der Waals surface area contributed by atoms with Crippen LogP contribution in [0.2, 0.25) is 10.0 Å². The number of ether oxygens (including phenoxy) is 1. The molecule has 2 aromatic heterocycles. The Morgan fingerprint density at radius 2 is 1.95 bits per heavy atom. The summed E-state index contributed by atoms with van der Waals surface area (Å²) in [5.41, 5.74) is 2.04. The maximum Gasteiger partial charge on any atom is 0.338 e. The van der Waals surface area contributed by atoms with Crippen LogP contribution in [0.4, 0.5) is 0 Å². The Hall–Kier alpha value is -3.04. The van der Waals surface area contributed by atoms with Gasteiger partial charge in [0.05, 0.1) is 38.5 Å². The van der Waals surface area contributed by atoms with E-state index in [2.05, 4.69) is 4.99 Å². The summed E-state index contributed by atoms with van der Waals surface area (Å²) in [4.78, 5) is 33.0. The van der Waals surface area contributed by atoms with Crippen molar-refractivity contribution in [3.05, 3.63) is 107 Å². The van der Waals surface area contributed by atoms with Gasteiger partial charge in [-0.15, -0.1) is 11.8 Å². The molecule has 1 aliphatic rings. The number of thiazole rings is 1. The summed E-state index contributed by atoms with van der Waals surface area (Å²) < 4.78 is 13.3. The van der Waals surface area contributed by atoms with Gasteiger partial charge in [0.15, 0.2) is 4.80 Å². The third-order valence-corrected chi connectivity index (χ3v) is 8.61. The summed E-state index contributed by atoms with van der Waals surface area (Å²) in [5.74, 6) is 0.517. The summed E-state index contributed by atoms with van der Waals surface area (Å²) >= 11 is 15.4. The monoisotopic (exact) mass is 584 g/mol. The van der Waals surface area contributed by atoms with Crippen LogP contribution in [0.25, 0.3) is 17.4 Å². The number of rotatable bonds is 6. The quantitative estimate of drug-likeness (QED) is 0.202. The van der Waals surface area contributed by atoms with Crippen molar-refractivity contribution < 1.29 is 13.9 Å². The summed E-state index contributed by atoms with van der Waals surface area (Å²) in [6, 6.07) is 16.0. The van der Waals surface area contributed by atoms with Crippen LogP contribution in [0.3, 0.4) is 0 Å². The van der Waals surface area contributed by atoms with E-state index in [9.17, 15) is 9.59 Å². The second-order valence-corrected chi connectivity index (χ2v) is 11.1. The highest BCUT2D eigenvalue weighted by Gasteiger charge is 2.33. The molecule has 5 rings (SSSR count). The van der Waals surface area contributed by atoms with Crippen LogP contribution in [0.15, 0.2) is 85.0 Å². The molecule has 0 unspecified atom stereocenters. The van der Waals surface area contributed by atoms with Crippen LogP contribution < -0.4 is 14.9 Å². The number of thioether (sulfide) groups is 1. The average Bonchev–Trinajstić information content (AvgIpc) is 3.49. The molecule has 0 amide bonds. The number of allylic oxidation sites excluding steroid dienone is 1. The summed E-state index contributed by atoms with van der Waals surface area (Å²) in [6.07, 6.45) is 3.66. The zero-order valence-corrected chi connectivity index (χ0v) is 23.8. The lowest BCUT2D eigenvalue weighted by molar-refractivity contribution is -0.139. The predicted octanol–water partition coefficient (Wildman–Crippen LogP) is 6.09. The molecular formula is C28H22Cl2N2O4S2. The van der Waals surface area contributed by atoms with E-state index in [0.29, 0.717) is 47.7 Å². The highest BCUT2D eigenvalue weighted by atomic mass is 35.5. The topological polar surface area (TPSA) is 73.8 Å². The van der Waals surface area contributed by atoms with Crippen LogP contribution in [-0.4, -0.2) is 23.4 Å². The smallest absolute Gasteiger partial charge is 0.338 e. The Bertz CT molecular complexity index is 1750. The molecule has 0 saturated heterocycles. The van der Waals surface area contributed by atoms with Crippen molar-refractivity contribution in [1.82, 2.24) is 4.57 Å². The Labute approximate surface area is 236 Å². The number of halogens is 2. The first-order chi connectivity index (χ1) is 18.3. The van der Waals surface area contributed by atoms with Gasteiger partial charge in [0, 0.05) is 16.5 Å². The third kappa shape index (κ3) is 4.89. The summed E-state index contributed by atoms with van der Waals surface area (Å²) in [7, 11) is 0. The number of hydrogen-bond acceptors (Lipinski definition) is 7. The van der Waals surface area contributed by atoms with E-state index in [0.717, 1.165) is 10.5 Å². The van der Waals surface area contributed by atoms with E-state index >= 15 is 0 Å². The SMILES string of the molecule is CCOC(=O)C1=C(C)N=c2s/c(=C\c3ccc(-c4cccc(Cl)c4Cl)o3)c(=O)n2[C@H]1c1ccc(SC)cc1. The van der Waals surface area contributed by atoms with E-state index in [1.165, 1.54) is 11.3 Å². The van der Waals surface area contributed by atoms with Gasteiger partial charge in [0.2, 0.25) is 0 Å². The summed E-state index contributed by atoms with van der Waals surface area (Å²) in [6.45, 7) is 3.73. The van der Waals surface area contributed by atoms with Crippen LogP contribution in [-0.2, 0) is 9.53 Å². The molecule has 0 aliphatic carbocycles. The number of hydrogen-bond donors (Lipinski definition) is 0. The lowest BCUT2D eigenvalue weighted by atomic mass is 9.96. The molecule has 10 heteroatoms. The maximum atomic E-state index is 13.8. The van der Waals surface area contributed by atoms with Gasteiger partial charge in [-0.2, -0.15) is 0 Å². The molecule has 4 aromatic rings. The first-order valence-electron chi connectivity index (χ1n) is 11.7. The van der Waals surface area contributed by atoms with E-state index in [4.69, 9.17) is 32.4 Å². The fourth-order valence-corrected chi connectivity index (χ4v) is 6.12. The van der Waals surface area contributed by atoms with Gasteiger partial charge in [0.1, 0.15) is 11.5 Å². The number of benzene rings is 2. The largest absolute Gasteiger partial charge is 0.463 e. The van der Waals surface area contributed by atoms with Crippen molar-refractivity contribution >= 4 is 58.3 Å². The molecule has 0 bridgehead atoms. The van der Waals surface area contributed by atoms with Gasteiger partial charge in [-0.25, -0.2) is 9.79 Å². The van der Waals surface area contributed by atoms with Crippen LogP contribution in [0.5, 0.6) is 0 Å². The first-order valence-corrected chi connectivity index (χ1v) is 14.5. The average molecular weight is 586 g/mol. The Morgan fingerprint density at radius 1 is 1.18 bits per heavy atom. The lowest BCUT2D eigenvalue weighted by Crippen LogP contribution is -2.39. The predicted molar refractivity (Wildman–Crippen MR) is 153 cm³/mol. The Kier molecular flexibility index (Phi) is 7.68. The van der Waals surface area contributed by atoms with Gasteiger partial charge in [-0.3, -0.25) is 9.36 Å². The van der Waals surface area contributed by atoms with Gasteiger partial charge in [-0.05, 0) is 62.1 Å². The number of aromatic nitrogens is 1. The van der Waals surface area contributed by atoms with Crippen molar-refractivity contribution in [1.29, 1.82) is 0 Å². The van der Waals surface area contributed by atoms with Crippen molar-refractivity contribution in [2.75, 3.05) is 12.9 Å². The van der Waals surface area contributed by atoms with Crippen LogP contribution >= 0.6 is 46.3 Å². The molecule has 194 valence electrons. The van der Waals surface area contributed by atoms with Crippen LogP contribution in [0.1, 0.15) is 31.2 Å². The second kappa shape index (κ2) is 11.0. The van der Waals surface area contributed by atoms with Gasteiger partial charge < -0.3 is 9.15 Å². The molecule has 1 atom stereocenters. The molecule has 0 spiro atoms. The second-order valence-electron chi connectivity index (χ2n) is 8.38. The van der Waals surface area contributed by atoms with Gasteiger partial charge >= 0.3 is 5.97 Å². The lowest BCUT2D eigenvalue weighted by Gasteiger charge is -2.24. The third-order valence-electron chi connectivity index (χ3n) is 6.07. The van der Waals surface area contributed by atoms with Gasteiger partial charge in [-0.1, -0.05) is 52.7 Å². The Balaban J connectivity index is 1.64. The number of esters is 1. The van der Waals surface area contributed by atoms with Crippen LogP contribution in [0, 0.1) is 0 Å². The molecule has 0 fully saturated rings.